The van der Waals surface area contributed by atoms with Crippen LogP contribution in [0.2, 0.25) is 0 Å². The van der Waals surface area contributed by atoms with Gasteiger partial charge in [-0.25, -0.2) is 22.0 Å². The zero-order chi connectivity index (χ0) is 25.9. The Kier molecular flexibility index (Phi) is 5.67. The van der Waals surface area contributed by atoms with Gasteiger partial charge in [0.05, 0.1) is 12.8 Å². The molecule has 0 amide bonds. The van der Waals surface area contributed by atoms with E-state index in [1.54, 1.807) is 56.3 Å². The molecule has 4 aromatic carbocycles. The molecule has 36 heavy (non-hydrogen) atoms. The van der Waals surface area contributed by atoms with Crippen molar-refractivity contribution in [2.24, 2.45) is 0 Å². The van der Waals surface area contributed by atoms with Crippen LogP contribution in [-0.4, -0.2) is 7.11 Å². The normalized spacial score (nSPS) is 16.5. The van der Waals surface area contributed by atoms with Gasteiger partial charge in [-0.1, -0.05) is 29.8 Å². The van der Waals surface area contributed by atoms with Crippen molar-refractivity contribution >= 4 is 29.3 Å². The zero-order valence-electron chi connectivity index (χ0n) is 19.4. The lowest BCUT2D eigenvalue weighted by molar-refractivity contribution is 0.381. The predicted octanol–water partition coefficient (Wildman–Crippen LogP) is 7.06. The molecule has 1 aliphatic rings. The van der Waals surface area contributed by atoms with E-state index >= 15 is 13.3 Å². The van der Waals surface area contributed by atoms with Crippen LogP contribution >= 0.6 is 7.29 Å². The van der Waals surface area contributed by atoms with Gasteiger partial charge in [0.25, 0.3) is 0 Å². The van der Waals surface area contributed by atoms with Crippen LogP contribution in [0.15, 0.2) is 60.7 Å². The molecule has 0 bridgehead atoms. The first-order chi connectivity index (χ1) is 17.1. The van der Waals surface area contributed by atoms with Gasteiger partial charge in [0.15, 0.2) is 23.3 Å². The first-order valence-corrected chi connectivity index (χ1v) is 12.5. The highest BCUT2D eigenvalue weighted by molar-refractivity contribution is 7.80. The third-order valence-electron chi connectivity index (χ3n) is 6.23. The van der Waals surface area contributed by atoms with Gasteiger partial charge >= 0.3 is 0 Å². The molecule has 0 saturated carbocycles. The number of aryl methyl sites for hydroxylation is 2. The Morgan fingerprint density at radius 1 is 0.722 bits per heavy atom. The number of hydrogen-bond donors (Lipinski definition) is 0. The molecule has 184 valence electrons. The average molecular weight is 515 g/mol. The third-order valence-corrected chi connectivity index (χ3v) is 9.21. The molecule has 0 aromatic heterocycles. The molecule has 0 N–H and O–H groups in total. The van der Waals surface area contributed by atoms with Crippen LogP contribution in [0.25, 0.3) is 11.1 Å². The Hall–Kier alpha value is -3.64. The van der Waals surface area contributed by atoms with E-state index in [9.17, 15) is 13.2 Å². The molecule has 3 nitrogen and oxygen atoms in total. The maximum absolute atomic E-state index is 15.3. The fourth-order valence-electron chi connectivity index (χ4n) is 4.53. The summed E-state index contributed by atoms with van der Waals surface area (Å²) in [7, 11) is -2.89. The van der Waals surface area contributed by atoms with Crippen LogP contribution in [0.3, 0.4) is 0 Å². The molecule has 1 atom stereocenters. The second-order valence-corrected chi connectivity index (χ2v) is 11.1. The van der Waals surface area contributed by atoms with Crippen molar-refractivity contribution in [1.29, 1.82) is 0 Å². The van der Waals surface area contributed by atoms with Gasteiger partial charge in [0, 0.05) is 16.2 Å². The van der Waals surface area contributed by atoms with Crippen LogP contribution in [0, 0.1) is 42.9 Å². The summed E-state index contributed by atoms with van der Waals surface area (Å²) >= 11 is 0. The standard InChI is InChI=1S/C27H19F5NO2P/c1-14-5-4-6-17(11-14)36(34)21-13-16(35-3)8-10-19(21)18-9-7-15(2)12-20(18)33(36)27-25(31)23(29)22(28)24(30)26(27)32/h4-13H,1-3H3. The maximum Gasteiger partial charge on any atom is 0.234 e. The molecule has 0 fully saturated rings. The number of rotatable bonds is 3. The number of nitrogens with zero attached hydrogens (tertiary/aromatic N) is 1. The van der Waals surface area contributed by atoms with Crippen molar-refractivity contribution < 1.29 is 31.3 Å². The lowest BCUT2D eigenvalue weighted by Crippen LogP contribution is -2.35. The molecular formula is C27H19F5NO2P. The van der Waals surface area contributed by atoms with Crippen molar-refractivity contribution in [1.82, 2.24) is 0 Å². The number of anilines is 2. The van der Waals surface area contributed by atoms with Gasteiger partial charge in [-0.2, -0.15) is 0 Å². The minimum atomic E-state index is -4.30. The molecule has 1 unspecified atom stereocenters. The van der Waals surface area contributed by atoms with E-state index in [2.05, 4.69) is 0 Å². The van der Waals surface area contributed by atoms with Crippen molar-refractivity contribution in [2.45, 2.75) is 13.8 Å². The molecule has 0 radical (unpaired) electrons. The fourth-order valence-corrected chi connectivity index (χ4v) is 7.67. The number of benzene rings is 4. The summed E-state index contributed by atoms with van der Waals surface area (Å²) < 4.78 is 95.0. The van der Waals surface area contributed by atoms with Gasteiger partial charge < -0.3 is 4.74 Å². The first kappa shape index (κ1) is 24.1. The summed E-state index contributed by atoms with van der Waals surface area (Å²) in [6.07, 6.45) is 0. The van der Waals surface area contributed by atoms with Gasteiger partial charge in [-0.3, -0.25) is 9.24 Å². The number of ether oxygens (including phenoxy) is 1. The Bertz CT molecular complexity index is 1570. The SMILES string of the molecule is COc1ccc2c(c1)P(=O)(c1cccc(C)c1)N(c1c(F)c(F)c(F)c(F)c1F)c1cc(C)ccc1-2. The van der Waals surface area contributed by atoms with Crippen molar-refractivity contribution in [3.05, 3.63) is 101 Å². The fraction of sp³-hybridized carbons (Fsp3) is 0.111. The second-order valence-electron chi connectivity index (χ2n) is 8.55. The van der Waals surface area contributed by atoms with Crippen molar-refractivity contribution in [3.8, 4) is 16.9 Å². The number of methoxy groups -OCH3 is 1. The van der Waals surface area contributed by atoms with Crippen LogP contribution < -0.4 is 20.0 Å². The molecule has 4 aromatic rings. The van der Waals surface area contributed by atoms with Gasteiger partial charge in [-0.15, -0.1) is 0 Å². The zero-order valence-corrected chi connectivity index (χ0v) is 20.3. The summed E-state index contributed by atoms with van der Waals surface area (Å²) in [5.41, 5.74) is 1.02. The molecule has 0 aliphatic carbocycles. The summed E-state index contributed by atoms with van der Waals surface area (Å²) in [6, 6.07) is 16.2. The topological polar surface area (TPSA) is 29.5 Å². The van der Waals surface area contributed by atoms with Crippen molar-refractivity contribution in [3.63, 3.8) is 0 Å². The second kappa shape index (κ2) is 8.49. The first-order valence-electron chi connectivity index (χ1n) is 10.9. The van der Waals surface area contributed by atoms with Crippen LogP contribution in [0.5, 0.6) is 5.75 Å². The number of fused-ring (bicyclic) bond motifs is 3. The molecule has 5 rings (SSSR count). The van der Waals surface area contributed by atoms with E-state index in [4.69, 9.17) is 4.74 Å². The van der Waals surface area contributed by atoms with Crippen LogP contribution in [-0.2, 0) is 4.57 Å². The van der Waals surface area contributed by atoms with E-state index in [-0.39, 0.29) is 16.3 Å². The van der Waals surface area contributed by atoms with Gasteiger partial charge in [0.1, 0.15) is 11.4 Å². The van der Waals surface area contributed by atoms with Crippen LogP contribution in [0.4, 0.5) is 33.3 Å². The maximum atomic E-state index is 15.3. The number of hydrogen-bond acceptors (Lipinski definition) is 2. The Morgan fingerprint density at radius 2 is 1.33 bits per heavy atom. The highest BCUT2D eigenvalue weighted by Crippen LogP contribution is 2.62. The van der Waals surface area contributed by atoms with E-state index in [0.29, 0.717) is 28.0 Å². The minimum Gasteiger partial charge on any atom is -0.497 e. The van der Waals surface area contributed by atoms with E-state index in [0.717, 1.165) is 4.67 Å². The lowest BCUT2D eigenvalue weighted by Gasteiger charge is -2.40. The Morgan fingerprint density at radius 3 is 1.97 bits per heavy atom. The summed E-state index contributed by atoms with van der Waals surface area (Å²) in [5.74, 6) is -10.4. The van der Waals surface area contributed by atoms with Gasteiger partial charge in [0.2, 0.25) is 13.1 Å². The molecule has 0 saturated heterocycles. The predicted molar refractivity (Wildman–Crippen MR) is 130 cm³/mol. The van der Waals surface area contributed by atoms with Crippen molar-refractivity contribution in [2.75, 3.05) is 11.8 Å². The molecule has 0 spiro atoms. The minimum absolute atomic E-state index is 0.0562. The third kappa shape index (κ3) is 3.35. The summed E-state index contributed by atoms with van der Waals surface area (Å²) in [6.45, 7) is 3.45. The highest BCUT2D eigenvalue weighted by Gasteiger charge is 2.46. The largest absolute Gasteiger partial charge is 0.497 e. The number of halogens is 5. The molecule has 9 heteroatoms. The highest BCUT2D eigenvalue weighted by atomic mass is 31.2. The lowest BCUT2D eigenvalue weighted by atomic mass is 10.0. The van der Waals surface area contributed by atoms with Gasteiger partial charge in [-0.05, 0) is 61.4 Å². The van der Waals surface area contributed by atoms with E-state index in [1.807, 2.05) is 0 Å². The van der Waals surface area contributed by atoms with Crippen LogP contribution in [0.1, 0.15) is 11.1 Å². The smallest absolute Gasteiger partial charge is 0.234 e. The summed E-state index contributed by atoms with van der Waals surface area (Å²) in [4.78, 5) is 0. The Labute approximate surface area is 204 Å². The molecule has 1 heterocycles. The molecule has 1 aliphatic heterocycles. The van der Waals surface area contributed by atoms with E-state index < -0.39 is 42.1 Å². The quantitative estimate of drug-likeness (QED) is 0.127. The molecular weight excluding hydrogens is 496 g/mol. The summed E-state index contributed by atoms with van der Waals surface area (Å²) in [5, 5.41) is 0.306. The Balaban J connectivity index is 2.01. The average Bonchev–Trinajstić information content (AvgIpc) is 2.87. The monoisotopic (exact) mass is 515 g/mol. The van der Waals surface area contributed by atoms with E-state index in [1.165, 1.54) is 25.3 Å².